The molecule has 0 saturated heterocycles. The van der Waals surface area contributed by atoms with Crippen LogP contribution < -0.4 is 9.75 Å². The largest absolute Gasteiger partial charge is 0.220 e. The Labute approximate surface area is 167 Å². The Morgan fingerprint density at radius 2 is 1.70 bits per heavy atom. The molecule has 0 N–H and O–H groups in total. The highest BCUT2D eigenvalue weighted by Crippen LogP contribution is 2.31. The minimum absolute atomic E-state index is 0.654. The zero-order valence-corrected chi connectivity index (χ0v) is 19.2. The van der Waals surface area contributed by atoms with Gasteiger partial charge in [-0.15, -0.1) is 0 Å². The second kappa shape index (κ2) is 7.24. The standard InChI is InChI=1S/C25H34NSi/c1-9-19-14-20(10-2)18(4)24(15-19)25-23-12-11-22(27(6,7)8)16-21(23)13-17(3)26(25)5/h11-16H,9-10H2,1-8H3/q+1/i13D. The molecule has 0 saturated carbocycles. The van der Waals surface area contributed by atoms with E-state index < -0.39 is 8.07 Å². The number of rotatable bonds is 4. The first-order valence-electron chi connectivity index (χ1n) is 10.7. The van der Waals surface area contributed by atoms with Crippen molar-refractivity contribution in [1.82, 2.24) is 0 Å². The van der Waals surface area contributed by atoms with Gasteiger partial charge in [0.05, 0.1) is 20.4 Å². The Balaban J connectivity index is 2.46. The molecule has 0 spiro atoms. The summed E-state index contributed by atoms with van der Waals surface area (Å²) in [5, 5.41) is 3.70. The number of hydrogen-bond acceptors (Lipinski definition) is 0. The number of benzene rings is 2. The molecule has 1 heterocycles. The molecule has 27 heavy (non-hydrogen) atoms. The molecule has 3 aromatic rings. The molecule has 0 fully saturated rings. The summed E-state index contributed by atoms with van der Waals surface area (Å²) in [5.74, 6) is 0. The average Bonchev–Trinajstić information content (AvgIpc) is 2.66. The molecule has 1 aromatic heterocycles. The molecule has 0 aliphatic rings. The van der Waals surface area contributed by atoms with Crippen LogP contribution in [0.1, 0.15) is 37.6 Å². The molecule has 0 aliphatic carbocycles. The van der Waals surface area contributed by atoms with E-state index in [-0.39, 0.29) is 0 Å². The number of nitrogens with zero attached hydrogens (tertiary/aromatic N) is 1. The molecule has 0 amide bonds. The lowest BCUT2D eigenvalue weighted by Crippen LogP contribution is -2.38. The molecule has 0 atom stereocenters. The summed E-state index contributed by atoms with van der Waals surface area (Å²) in [7, 11) is 0.678. The monoisotopic (exact) mass is 377 g/mol. The predicted octanol–water partition coefficient (Wildman–Crippen LogP) is 5.62. The van der Waals surface area contributed by atoms with Gasteiger partial charge in [0.1, 0.15) is 7.05 Å². The van der Waals surface area contributed by atoms with Crippen LogP contribution in [0.25, 0.3) is 22.0 Å². The van der Waals surface area contributed by atoms with Crippen molar-refractivity contribution in [2.75, 3.05) is 0 Å². The van der Waals surface area contributed by atoms with Gasteiger partial charge < -0.3 is 0 Å². The van der Waals surface area contributed by atoms with E-state index in [9.17, 15) is 0 Å². The highest BCUT2D eigenvalue weighted by molar-refractivity contribution is 6.88. The van der Waals surface area contributed by atoms with E-state index in [1.807, 2.05) is 0 Å². The lowest BCUT2D eigenvalue weighted by Gasteiger charge is -2.18. The maximum atomic E-state index is 8.79. The number of aryl methyl sites for hydroxylation is 2. The fourth-order valence-electron chi connectivity index (χ4n) is 3.93. The second-order valence-corrected chi connectivity index (χ2v) is 13.8. The molecule has 1 nitrogen and oxygen atoms in total. The van der Waals surface area contributed by atoms with E-state index in [1.165, 1.54) is 38.5 Å². The lowest BCUT2D eigenvalue weighted by molar-refractivity contribution is -0.665. The third-order valence-electron chi connectivity index (χ3n) is 5.91. The maximum absolute atomic E-state index is 8.79. The molecular formula is C25H34NSi+. The SMILES string of the molecule is [2H]c1c(C)[n+](C)c(-c2cc(CC)cc(CC)c2C)c2ccc([Si](C)(C)C)cc12. The van der Waals surface area contributed by atoms with E-state index in [1.54, 1.807) is 0 Å². The molecule has 0 unspecified atom stereocenters. The van der Waals surface area contributed by atoms with Gasteiger partial charge in [-0.25, -0.2) is 0 Å². The van der Waals surface area contributed by atoms with Crippen molar-refractivity contribution >= 4 is 24.0 Å². The van der Waals surface area contributed by atoms with Gasteiger partial charge in [0.15, 0.2) is 5.69 Å². The van der Waals surface area contributed by atoms with E-state index >= 15 is 0 Å². The predicted molar refractivity (Wildman–Crippen MR) is 122 cm³/mol. The first-order valence-corrected chi connectivity index (χ1v) is 13.7. The fraction of sp³-hybridized carbons (Fsp3) is 0.400. The number of aromatic nitrogens is 1. The van der Waals surface area contributed by atoms with Crippen LogP contribution in [0.15, 0.2) is 36.4 Å². The van der Waals surface area contributed by atoms with E-state index in [4.69, 9.17) is 1.37 Å². The van der Waals surface area contributed by atoms with Gasteiger partial charge in [-0.1, -0.05) is 56.9 Å². The summed E-state index contributed by atoms with van der Waals surface area (Å²) in [5.41, 5.74) is 7.75. The summed E-state index contributed by atoms with van der Waals surface area (Å²) in [4.78, 5) is 0. The van der Waals surface area contributed by atoms with Crippen molar-refractivity contribution in [2.45, 2.75) is 60.2 Å². The molecule has 0 bridgehead atoms. The highest BCUT2D eigenvalue weighted by Gasteiger charge is 2.23. The quantitative estimate of drug-likeness (QED) is 0.410. The van der Waals surface area contributed by atoms with E-state index in [0.29, 0.717) is 6.04 Å². The molecule has 2 aromatic carbocycles. The fourth-order valence-corrected chi connectivity index (χ4v) is 5.09. The Bertz CT molecular complexity index is 1060. The summed E-state index contributed by atoms with van der Waals surface area (Å²) >= 11 is 0. The first kappa shape index (κ1) is 18.4. The average molecular weight is 378 g/mol. The van der Waals surface area contributed by atoms with Crippen LogP contribution in [0.4, 0.5) is 0 Å². The highest BCUT2D eigenvalue weighted by atomic mass is 28.3. The topological polar surface area (TPSA) is 3.88 Å². The van der Waals surface area contributed by atoms with Gasteiger partial charge in [-0.3, -0.25) is 0 Å². The van der Waals surface area contributed by atoms with Gasteiger partial charge in [0, 0.05) is 13.0 Å². The van der Waals surface area contributed by atoms with Crippen LogP contribution >= 0.6 is 0 Å². The van der Waals surface area contributed by atoms with Crippen molar-refractivity contribution in [1.29, 1.82) is 0 Å². The molecule has 0 aliphatic heterocycles. The third-order valence-corrected chi connectivity index (χ3v) is 7.96. The van der Waals surface area contributed by atoms with E-state index in [2.05, 4.69) is 89.3 Å². The van der Waals surface area contributed by atoms with Crippen LogP contribution in [0.2, 0.25) is 19.6 Å². The van der Waals surface area contributed by atoms with E-state index in [0.717, 1.165) is 23.9 Å². The van der Waals surface area contributed by atoms with Gasteiger partial charge in [-0.05, 0) is 54.0 Å². The van der Waals surface area contributed by atoms with Gasteiger partial charge in [0.25, 0.3) is 0 Å². The first-order chi connectivity index (χ1) is 13.1. The van der Waals surface area contributed by atoms with Crippen molar-refractivity contribution in [3.05, 3.63) is 58.8 Å². The van der Waals surface area contributed by atoms with Gasteiger partial charge >= 0.3 is 0 Å². The second-order valence-electron chi connectivity index (χ2n) is 8.76. The van der Waals surface area contributed by atoms with Crippen molar-refractivity contribution in [3.63, 3.8) is 0 Å². The Morgan fingerprint density at radius 3 is 2.30 bits per heavy atom. The molecule has 3 rings (SSSR count). The van der Waals surface area contributed by atoms with Crippen molar-refractivity contribution in [2.24, 2.45) is 7.05 Å². The van der Waals surface area contributed by atoms with Crippen LogP contribution in [-0.4, -0.2) is 8.07 Å². The zero-order valence-electron chi connectivity index (χ0n) is 19.2. The van der Waals surface area contributed by atoms with Crippen molar-refractivity contribution in [3.8, 4) is 11.3 Å². The smallest absolute Gasteiger partial charge is 0.198 e. The molecular weight excluding hydrogens is 342 g/mol. The number of pyridine rings is 1. The number of hydrogen-bond donors (Lipinski definition) is 0. The van der Waals surface area contributed by atoms with Gasteiger partial charge in [-0.2, -0.15) is 4.57 Å². The van der Waals surface area contributed by atoms with Crippen LogP contribution in [0, 0.1) is 13.8 Å². The zero-order chi connectivity index (χ0) is 20.8. The summed E-state index contributed by atoms with van der Waals surface area (Å²) in [6.07, 6.45) is 2.08. The van der Waals surface area contributed by atoms with Gasteiger partial charge in [0.2, 0.25) is 5.69 Å². The Hall–Kier alpha value is -1.93. The Morgan fingerprint density at radius 1 is 1.00 bits per heavy atom. The molecule has 142 valence electrons. The number of fused-ring (bicyclic) bond motifs is 1. The summed E-state index contributed by atoms with van der Waals surface area (Å²) in [6, 6.07) is 12.2. The summed E-state index contributed by atoms with van der Waals surface area (Å²) < 4.78 is 11.0. The van der Waals surface area contributed by atoms with Crippen LogP contribution in [-0.2, 0) is 19.9 Å². The lowest BCUT2D eigenvalue weighted by atomic mass is 9.92. The maximum Gasteiger partial charge on any atom is 0.220 e. The van der Waals surface area contributed by atoms with Crippen molar-refractivity contribution < 1.29 is 5.94 Å². The summed E-state index contributed by atoms with van der Waals surface area (Å²) in [6.45, 7) is 15.9. The minimum atomic E-state index is -1.43. The Kier molecular flexibility index (Phi) is 4.94. The molecule has 2 heteroatoms. The normalized spacial score (nSPS) is 12.5. The van der Waals surface area contributed by atoms with Crippen LogP contribution in [0.3, 0.4) is 0 Å². The molecule has 0 radical (unpaired) electrons. The minimum Gasteiger partial charge on any atom is -0.198 e. The van der Waals surface area contributed by atoms with Crippen LogP contribution in [0.5, 0.6) is 0 Å². The third kappa shape index (κ3) is 3.60.